The van der Waals surface area contributed by atoms with E-state index in [2.05, 4.69) is 31.9 Å². The van der Waals surface area contributed by atoms with E-state index in [1.165, 1.54) is 12.1 Å². The highest BCUT2D eigenvalue weighted by Gasteiger charge is 2.19. The zero-order chi connectivity index (χ0) is 10.9. The smallest absolute Gasteiger partial charge is 0.257 e. The molecule has 78 valence electrons. The lowest BCUT2D eigenvalue weighted by Crippen LogP contribution is -2.18. The summed E-state index contributed by atoms with van der Waals surface area (Å²) in [5, 5.41) is 9.33. The summed E-state index contributed by atoms with van der Waals surface area (Å²) in [4.78, 5) is 0. The fraction of sp³-hybridized carbons (Fsp3) is 0.250. The number of nitrogens with two attached hydrogens (primary N) is 1. The summed E-state index contributed by atoms with van der Waals surface area (Å²) in [5.74, 6) is -0.0322. The maximum Gasteiger partial charge on any atom is 0.257 e. The molecule has 0 radical (unpaired) electrons. The minimum absolute atomic E-state index is 0.0322. The highest BCUT2D eigenvalue weighted by atomic mass is 79.9. The van der Waals surface area contributed by atoms with Crippen LogP contribution in [0, 0.1) is 0 Å². The quantitative estimate of drug-likeness (QED) is 0.874. The number of phenolic OH excluding ortho intramolecular Hbond substituents is 1. The van der Waals surface area contributed by atoms with Gasteiger partial charge in [0.1, 0.15) is 5.75 Å². The number of aromatic hydroxyl groups is 1. The van der Waals surface area contributed by atoms with E-state index < -0.39 is 12.5 Å². The largest absolute Gasteiger partial charge is 0.506 e. The first-order valence-electron chi connectivity index (χ1n) is 3.65. The minimum Gasteiger partial charge on any atom is -0.506 e. The minimum atomic E-state index is -2.63. The van der Waals surface area contributed by atoms with Crippen molar-refractivity contribution in [1.82, 2.24) is 0 Å². The van der Waals surface area contributed by atoms with Crippen molar-refractivity contribution in [3.05, 3.63) is 26.6 Å². The fourth-order valence-corrected chi connectivity index (χ4v) is 2.14. The van der Waals surface area contributed by atoms with Crippen molar-refractivity contribution in [3.8, 4) is 5.75 Å². The molecule has 1 aromatic carbocycles. The third-order valence-electron chi connectivity index (χ3n) is 1.70. The molecule has 0 aliphatic carbocycles. The van der Waals surface area contributed by atoms with Crippen molar-refractivity contribution in [1.29, 1.82) is 0 Å². The first-order chi connectivity index (χ1) is 6.43. The van der Waals surface area contributed by atoms with Crippen LogP contribution in [0.1, 0.15) is 11.6 Å². The van der Waals surface area contributed by atoms with E-state index in [-0.39, 0.29) is 11.3 Å². The Morgan fingerprint density at radius 2 is 1.64 bits per heavy atom. The summed E-state index contributed by atoms with van der Waals surface area (Å²) in [7, 11) is 0. The maximum absolute atomic E-state index is 12.3. The van der Waals surface area contributed by atoms with Crippen LogP contribution in [0.3, 0.4) is 0 Å². The molecular formula is C8H7Br2F2NO. The van der Waals surface area contributed by atoms with Gasteiger partial charge in [-0.05, 0) is 49.6 Å². The Kier molecular flexibility index (Phi) is 3.86. The average molecular weight is 331 g/mol. The number of alkyl halides is 2. The van der Waals surface area contributed by atoms with Crippen molar-refractivity contribution in [2.75, 3.05) is 0 Å². The lowest BCUT2D eigenvalue weighted by Gasteiger charge is -2.12. The summed E-state index contributed by atoms with van der Waals surface area (Å²) >= 11 is 6.07. The van der Waals surface area contributed by atoms with Crippen molar-refractivity contribution in [2.24, 2.45) is 5.73 Å². The standard InChI is InChI=1S/C8H7Br2F2NO/c9-4-1-3(6(13)8(11)12)2-5(10)7(4)14/h1-2,6,8,14H,13H2/t6-/m0/s1. The van der Waals surface area contributed by atoms with Crippen LogP contribution in [0.25, 0.3) is 0 Å². The fourth-order valence-electron chi connectivity index (χ4n) is 0.923. The van der Waals surface area contributed by atoms with Gasteiger partial charge in [-0.3, -0.25) is 0 Å². The Labute approximate surface area is 96.4 Å². The van der Waals surface area contributed by atoms with Crippen LogP contribution < -0.4 is 5.73 Å². The van der Waals surface area contributed by atoms with Gasteiger partial charge in [0.05, 0.1) is 15.0 Å². The number of benzene rings is 1. The Bertz CT molecular complexity index is 323. The Hall–Kier alpha value is -0.200. The van der Waals surface area contributed by atoms with Gasteiger partial charge in [0.2, 0.25) is 0 Å². The molecule has 0 aliphatic rings. The molecule has 0 heterocycles. The highest BCUT2D eigenvalue weighted by Crippen LogP contribution is 2.35. The molecule has 14 heavy (non-hydrogen) atoms. The summed E-state index contributed by atoms with van der Waals surface area (Å²) in [5.41, 5.74) is 5.51. The zero-order valence-corrected chi connectivity index (χ0v) is 10.0. The van der Waals surface area contributed by atoms with Gasteiger partial charge in [-0.1, -0.05) is 0 Å². The average Bonchev–Trinajstić information content (AvgIpc) is 2.12. The summed E-state index contributed by atoms with van der Waals surface area (Å²) in [6.07, 6.45) is -2.63. The van der Waals surface area contributed by atoms with Gasteiger partial charge in [-0.15, -0.1) is 0 Å². The number of phenols is 1. The lowest BCUT2D eigenvalue weighted by molar-refractivity contribution is 0.116. The van der Waals surface area contributed by atoms with Crippen LogP contribution in [0.15, 0.2) is 21.1 Å². The molecule has 0 amide bonds. The van der Waals surface area contributed by atoms with Crippen LogP contribution in [0.2, 0.25) is 0 Å². The van der Waals surface area contributed by atoms with Crippen molar-refractivity contribution < 1.29 is 13.9 Å². The first-order valence-corrected chi connectivity index (χ1v) is 5.23. The number of hydrogen-bond acceptors (Lipinski definition) is 2. The van der Waals surface area contributed by atoms with E-state index in [0.29, 0.717) is 8.95 Å². The van der Waals surface area contributed by atoms with Crippen LogP contribution in [0.4, 0.5) is 8.78 Å². The van der Waals surface area contributed by atoms with E-state index >= 15 is 0 Å². The molecule has 0 saturated carbocycles. The molecule has 6 heteroatoms. The number of rotatable bonds is 2. The second-order valence-corrected chi connectivity index (χ2v) is 4.40. The third-order valence-corrected chi connectivity index (χ3v) is 2.90. The monoisotopic (exact) mass is 329 g/mol. The van der Waals surface area contributed by atoms with Crippen molar-refractivity contribution >= 4 is 31.9 Å². The Morgan fingerprint density at radius 1 is 1.21 bits per heavy atom. The molecule has 0 aliphatic heterocycles. The Morgan fingerprint density at radius 3 is 2.00 bits per heavy atom. The van der Waals surface area contributed by atoms with E-state index in [4.69, 9.17) is 5.73 Å². The molecule has 1 rings (SSSR count). The van der Waals surface area contributed by atoms with E-state index in [9.17, 15) is 13.9 Å². The topological polar surface area (TPSA) is 46.2 Å². The van der Waals surface area contributed by atoms with E-state index in [1.54, 1.807) is 0 Å². The molecule has 0 spiro atoms. The molecule has 0 fully saturated rings. The lowest BCUT2D eigenvalue weighted by atomic mass is 10.1. The second kappa shape index (κ2) is 4.55. The van der Waals surface area contributed by atoms with Crippen LogP contribution in [-0.2, 0) is 0 Å². The van der Waals surface area contributed by atoms with E-state index in [0.717, 1.165) is 0 Å². The van der Waals surface area contributed by atoms with E-state index in [1.807, 2.05) is 0 Å². The van der Waals surface area contributed by atoms with Crippen molar-refractivity contribution in [2.45, 2.75) is 12.5 Å². The summed E-state index contributed by atoms with van der Waals surface area (Å²) < 4.78 is 25.2. The Balaban J connectivity index is 3.12. The van der Waals surface area contributed by atoms with Gasteiger partial charge in [-0.2, -0.15) is 0 Å². The zero-order valence-electron chi connectivity index (χ0n) is 6.85. The first kappa shape index (κ1) is 11.9. The molecule has 0 unspecified atom stereocenters. The van der Waals surface area contributed by atoms with Crippen LogP contribution in [-0.4, -0.2) is 11.5 Å². The highest BCUT2D eigenvalue weighted by molar-refractivity contribution is 9.11. The molecule has 3 N–H and O–H groups in total. The molecule has 2 nitrogen and oxygen atoms in total. The van der Waals surface area contributed by atoms with Gasteiger partial charge in [0.15, 0.2) is 0 Å². The van der Waals surface area contributed by atoms with Crippen LogP contribution in [0.5, 0.6) is 5.75 Å². The van der Waals surface area contributed by atoms with Crippen LogP contribution >= 0.6 is 31.9 Å². The molecular weight excluding hydrogens is 324 g/mol. The maximum atomic E-state index is 12.3. The molecule has 0 saturated heterocycles. The molecule has 1 aromatic rings. The number of hydrogen-bond donors (Lipinski definition) is 2. The second-order valence-electron chi connectivity index (χ2n) is 2.69. The number of halogens is 4. The molecule has 0 aromatic heterocycles. The normalized spacial score (nSPS) is 13.3. The van der Waals surface area contributed by atoms with Gasteiger partial charge in [0, 0.05) is 0 Å². The van der Waals surface area contributed by atoms with Crippen molar-refractivity contribution in [3.63, 3.8) is 0 Å². The SMILES string of the molecule is N[C@@H](c1cc(Br)c(O)c(Br)c1)C(F)F. The predicted molar refractivity (Wildman–Crippen MR) is 56.4 cm³/mol. The molecule has 0 bridgehead atoms. The van der Waals surface area contributed by atoms with Gasteiger partial charge >= 0.3 is 0 Å². The molecule has 1 atom stereocenters. The predicted octanol–water partition coefficient (Wildman–Crippen LogP) is 3.18. The van der Waals surface area contributed by atoms with Gasteiger partial charge in [-0.25, -0.2) is 8.78 Å². The summed E-state index contributed by atoms with van der Waals surface area (Å²) in [6.45, 7) is 0. The van der Waals surface area contributed by atoms with Gasteiger partial charge in [0.25, 0.3) is 6.43 Å². The summed E-state index contributed by atoms with van der Waals surface area (Å²) in [6, 6.07) is 1.40. The third kappa shape index (κ3) is 2.43. The van der Waals surface area contributed by atoms with Gasteiger partial charge < -0.3 is 10.8 Å².